The fourth-order valence-corrected chi connectivity index (χ4v) is 7.55. The fourth-order valence-electron chi connectivity index (χ4n) is 7.55. The summed E-state index contributed by atoms with van der Waals surface area (Å²) in [6, 6.07) is 42.3. The number of hydrogen-bond acceptors (Lipinski definition) is 1. The third kappa shape index (κ3) is 2.83. The van der Waals surface area contributed by atoms with Crippen LogP contribution < -0.4 is 0 Å². The highest BCUT2D eigenvalue weighted by atomic mass is 16.1. The van der Waals surface area contributed by atoms with Gasteiger partial charge in [0, 0.05) is 16.9 Å². The summed E-state index contributed by atoms with van der Waals surface area (Å²) in [6.45, 7) is 0. The summed E-state index contributed by atoms with van der Waals surface area (Å²) in [4.78, 5) is 15.4. The Labute approximate surface area is 218 Å². The van der Waals surface area contributed by atoms with Gasteiger partial charge in [0.2, 0.25) is 0 Å². The largest absolute Gasteiger partial charge is 0.293 e. The second kappa shape index (κ2) is 8.42. The molecule has 0 heterocycles. The lowest BCUT2D eigenvalue weighted by atomic mass is 9.45. The molecule has 0 fully saturated rings. The molecule has 0 N–H and O–H groups in total. The number of fused-ring (bicyclic) bond motifs is 1. The van der Waals surface area contributed by atoms with E-state index in [9.17, 15) is 0 Å². The van der Waals surface area contributed by atoms with Gasteiger partial charge in [-0.25, -0.2) is 0 Å². The average Bonchev–Trinajstić information content (AvgIpc) is 3.13. The first kappa shape index (κ1) is 22.0. The molecule has 4 aromatic carbocycles. The van der Waals surface area contributed by atoms with E-state index in [1.54, 1.807) is 0 Å². The molecule has 0 aromatic heterocycles. The Bertz CT molecular complexity index is 1550. The molecule has 4 unspecified atom stereocenters. The lowest BCUT2D eigenvalue weighted by molar-refractivity contribution is -0.122. The molecular weight excluding hydrogens is 448 g/mol. The molecule has 0 saturated carbocycles. The number of carbonyl (C=O) groups excluding carboxylic acids is 1. The SMILES string of the molecule is O=C1C(c2ccccc2)=C(c2ccccc2)C2(c3ccccc3)C3C=CCC(C=C3)C12c1ccccc1. The van der Waals surface area contributed by atoms with Crippen LogP contribution >= 0.6 is 0 Å². The van der Waals surface area contributed by atoms with Gasteiger partial charge in [-0.3, -0.25) is 4.79 Å². The maximum absolute atomic E-state index is 15.4. The standard InChI is InChI=1S/C36H28O/c37-34-32(26-14-5-1-6-15-26)33(27-16-7-2-8-17-27)35(28-18-9-3-10-19-28)30-22-13-23-31(25-24-30)36(34,35)29-20-11-4-12-21-29/h1-22,24-25,30-31H,23H2. The fraction of sp³-hybridized carbons (Fsp3) is 0.139. The van der Waals surface area contributed by atoms with Crippen LogP contribution in [0, 0.1) is 11.8 Å². The normalized spacial score (nSPS) is 27.8. The van der Waals surface area contributed by atoms with Crippen molar-refractivity contribution in [2.45, 2.75) is 17.3 Å². The lowest BCUT2D eigenvalue weighted by Crippen LogP contribution is -2.59. The summed E-state index contributed by atoms with van der Waals surface area (Å²) in [5.41, 5.74) is 5.05. The number of ketones is 1. The topological polar surface area (TPSA) is 17.1 Å². The number of carbonyl (C=O) groups is 1. The van der Waals surface area contributed by atoms with Crippen LogP contribution in [0.1, 0.15) is 28.7 Å². The van der Waals surface area contributed by atoms with Gasteiger partial charge in [-0.1, -0.05) is 146 Å². The van der Waals surface area contributed by atoms with Crippen molar-refractivity contribution in [1.29, 1.82) is 0 Å². The van der Waals surface area contributed by atoms with Crippen LogP contribution in [0.2, 0.25) is 0 Å². The van der Waals surface area contributed by atoms with Crippen molar-refractivity contribution in [2.75, 3.05) is 0 Å². The maximum atomic E-state index is 15.4. The zero-order valence-corrected chi connectivity index (χ0v) is 20.6. The molecule has 2 bridgehead atoms. The lowest BCUT2D eigenvalue weighted by Gasteiger charge is -2.55. The van der Waals surface area contributed by atoms with Crippen molar-refractivity contribution in [3.05, 3.63) is 168 Å². The van der Waals surface area contributed by atoms with Gasteiger partial charge in [0.25, 0.3) is 0 Å². The summed E-state index contributed by atoms with van der Waals surface area (Å²) in [5.74, 6) is 0.308. The monoisotopic (exact) mass is 476 g/mol. The first-order chi connectivity index (χ1) is 18.3. The molecule has 0 amide bonds. The van der Waals surface area contributed by atoms with Crippen molar-refractivity contribution < 1.29 is 4.79 Å². The molecule has 1 heteroatoms. The quantitative estimate of drug-likeness (QED) is 0.274. The van der Waals surface area contributed by atoms with E-state index in [0.29, 0.717) is 0 Å². The number of allylic oxidation sites excluding steroid dienone is 6. The summed E-state index contributed by atoms with van der Waals surface area (Å²) < 4.78 is 0. The predicted octanol–water partition coefficient (Wildman–Crippen LogP) is 7.82. The molecule has 8 rings (SSSR count). The van der Waals surface area contributed by atoms with Gasteiger partial charge in [0.15, 0.2) is 5.78 Å². The van der Waals surface area contributed by atoms with Crippen molar-refractivity contribution in [2.24, 2.45) is 11.8 Å². The number of rotatable bonds is 4. The Balaban J connectivity index is 1.72. The molecule has 37 heavy (non-hydrogen) atoms. The predicted molar refractivity (Wildman–Crippen MR) is 151 cm³/mol. The smallest absolute Gasteiger partial charge is 0.176 e. The summed E-state index contributed by atoms with van der Waals surface area (Å²) in [7, 11) is 0. The van der Waals surface area contributed by atoms with Crippen molar-refractivity contribution >= 4 is 16.9 Å². The molecule has 0 saturated heterocycles. The highest BCUT2D eigenvalue weighted by molar-refractivity contribution is 6.38. The van der Waals surface area contributed by atoms with Crippen LogP contribution in [-0.2, 0) is 15.6 Å². The van der Waals surface area contributed by atoms with Crippen molar-refractivity contribution in [3.63, 3.8) is 0 Å². The zero-order chi connectivity index (χ0) is 24.9. The van der Waals surface area contributed by atoms with Crippen molar-refractivity contribution in [1.82, 2.24) is 0 Å². The molecule has 1 nitrogen and oxygen atoms in total. The molecule has 0 aliphatic heterocycles. The molecule has 4 atom stereocenters. The Morgan fingerprint density at radius 3 is 1.65 bits per heavy atom. The number of Topliss-reactive ketones (excluding diaryl/α,β-unsaturated/α-hetero) is 1. The van der Waals surface area contributed by atoms with E-state index >= 15 is 4.79 Å². The van der Waals surface area contributed by atoms with E-state index in [1.807, 2.05) is 18.2 Å². The van der Waals surface area contributed by atoms with Gasteiger partial charge >= 0.3 is 0 Å². The average molecular weight is 477 g/mol. The van der Waals surface area contributed by atoms with Crippen LogP contribution in [-0.4, -0.2) is 5.78 Å². The van der Waals surface area contributed by atoms with Crippen LogP contribution in [0.4, 0.5) is 0 Å². The van der Waals surface area contributed by atoms with Gasteiger partial charge < -0.3 is 0 Å². The third-order valence-electron chi connectivity index (χ3n) is 8.78. The Morgan fingerprint density at radius 1 is 0.541 bits per heavy atom. The minimum atomic E-state index is -0.769. The minimum absolute atomic E-state index is 0.0363. The molecule has 4 aliphatic carbocycles. The Hall–Kier alpha value is -4.23. The number of benzene rings is 4. The van der Waals surface area contributed by atoms with Gasteiger partial charge in [-0.15, -0.1) is 0 Å². The van der Waals surface area contributed by atoms with E-state index in [0.717, 1.165) is 34.3 Å². The number of hydrogen-bond donors (Lipinski definition) is 0. The van der Waals surface area contributed by atoms with E-state index in [1.165, 1.54) is 5.56 Å². The van der Waals surface area contributed by atoms with E-state index in [4.69, 9.17) is 0 Å². The first-order valence-electron chi connectivity index (χ1n) is 13.2. The summed E-state index contributed by atoms with van der Waals surface area (Å²) in [5, 5.41) is 0. The van der Waals surface area contributed by atoms with E-state index in [-0.39, 0.29) is 17.6 Å². The van der Waals surface area contributed by atoms with Crippen LogP contribution in [0.25, 0.3) is 11.1 Å². The molecule has 4 aliphatic rings. The Morgan fingerprint density at radius 2 is 1.05 bits per heavy atom. The van der Waals surface area contributed by atoms with Crippen LogP contribution in [0.5, 0.6) is 0 Å². The van der Waals surface area contributed by atoms with Gasteiger partial charge in [-0.05, 0) is 40.2 Å². The summed E-state index contributed by atoms with van der Waals surface area (Å²) >= 11 is 0. The first-order valence-corrected chi connectivity index (χ1v) is 13.2. The van der Waals surface area contributed by atoms with Gasteiger partial charge in [-0.2, -0.15) is 0 Å². The molecule has 0 radical (unpaired) electrons. The second-order valence-corrected chi connectivity index (χ2v) is 10.3. The van der Waals surface area contributed by atoms with Crippen molar-refractivity contribution in [3.8, 4) is 0 Å². The van der Waals surface area contributed by atoms with Crippen LogP contribution in [0.3, 0.4) is 0 Å². The molecule has 178 valence electrons. The zero-order valence-electron chi connectivity index (χ0n) is 20.6. The maximum Gasteiger partial charge on any atom is 0.176 e. The van der Waals surface area contributed by atoms with Crippen LogP contribution in [0.15, 0.2) is 146 Å². The Kier molecular flexibility index (Phi) is 5.01. The molecular formula is C36H28O. The molecule has 0 spiro atoms. The third-order valence-corrected chi connectivity index (χ3v) is 8.78. The molecule has 4 aromatic rings. The minimum Gasteiger partial charge on any atom is -0.293 e. The second-order valence-electron chi connectivity index (χ2n) is 10.3. The van der Waals surface area contributed by atoms with E-state index < -0.39 is 10.8 Å². The van der Waals surface area contributed by atoms with E-state index in [2.05, 4.69) is 127 Å². The summed E-state index contributed by atoms with van der Waals surface area (Å²) in [6.07, 6.45) is 10.2. The van der Waals surface area contributed by atoms with Gasteiger partial charge in [0.1, 0.15) is 0 Å². The van der Waals surface area contributed by atoms with Gasteiger partial charge in [0.05, 0.1) is 5.41 Å². The highest BCUT2D eigenvalue weighted by Gasteiger charge is 2.71. The highest BCUT2D eigenvalue weighted by Crippen LogP contribution is 2.70.